The van der Waals surface area contributed by atoms with Crippen LogP contribution in [0.2, 0.25) is 0 Å². The molecule has 0 radical (unpaired) electrons. The van der Waals surface area contributed by atoms with Crippen LogP contribution in [-0.4, -0.2) is 35.2 Å². The summed E-state index contributed by atoms with van der Waals surface area (Å²) in [5.41, 5.74) is 0.831. The summed E-state index contributed by atoms with van der Waals surface area (Å²) in [6.45, 7) is 1.54. The van der Waals surface area contributed by atoms with Crippen LogP contribution in [0.1, 0.15) is 12.5 Å². The van der Waals surface area contributed by atoms with E-state index in [1.54, 1.807) is 13.0 Å². The second-order valence-corrected chi connectivity index (χ2v) is 6.36. The number of halogens is 1. The molecule has 0 saturated carbocycles. The number of esters is 1. The smallest absolute Gasteiger partial charge is 0.326 e. The van der Waals surface area contributed by atoms with E-state index in [0.717, 1.165) is 25.8 Å². The minimum atomic E-state index is -0.588. The van der Waals surface area contributed by atoms with Gasteiger partial charge in [0.25, 0.3) is 11.1 Å². The summed E-state index contributed by atoms with van der Waals surface area (Å²) in [6, 6.07) is 7.55. The van der Waals surface area contributed by atoms with Gasteiger partial charge in [-0.3, -0.25) is 19.3 Å². The maximum atomic E-state index is 12.1. The molecule has 0 N–H and O–H groups in total. The number of thioether (sulfide) groups is 1. The van der Waals surface area contributed by atoms with Crippen molar-refractivity contribution in [3.05, 3.63) is 38.3 Å². The summed E-state index contributed by atoms with van der Waals surface area (Å²) in [7, 11) is 0. The fourth-order valence-corrected chi connectivity index (χ4v) is 2.88. The van der Waals surface area contributed by atoms with Crippen LogP contribution in [0.15, 0.2) is 29.2 Å². The Morgan fingerprint density at radius 1 is 1.33 bits per heavy atom. The van der Waals surface area contributed by atoms with Gasteiger partial charge in [0.1, 0.15) is 6.54 Å². The number of ether oxygens (including phenoxy) is 1. The fourth-order valence-electron chi connectivity index (χ4n) is 1.68. The number of amides is 2. The van der Waals surface area contributed by atoms with Gasteiger partial charge in [0.2, 0.25) is 0 Å². The van der Waals surface area contributed by atoms with Crippen molar-refractivity contribution in [1.82, 2.24) is 4.90 Å². The Hall–Kier alpha value is -1.35. The highest BCUT2D eigenvalue weighted by Crippen LogP contribution is 2.32. The van der Waals surface area contributed by atoms with E-state index < -0.39 is 17.1 Å². The SMILES string of the molecule is CCOC(=O)CN1C(=O)S/C(=C\c2ccc(I)cc2)C1=O. The van der Waals surface area contributed by atoms with Crippen LogP contribution in [0.4, 0.5) is 4.79 Å². The highest BCUT2D eigenvalue weighted by Gasteiger charge is 2.36. The highest BCUT2D eigenvalue weighted by molar-refractivity contribution is 14.1. The predicted molar refractivity (Wildman–Crippen MR) is 88.5 cm³/mol. The molecule has 110 valence electrons. The van der Waals surface area contributed by atoms with E-state index in [4.69, 9.17) is 4.74 Å². The van der Waals surface area contributed by atoms with Crippen molar-refractivity contribution in [2.75, 3.05) is 13.2 Å². The van der Waals surface area contributed by atoms with E-state index in [9.17, 15) is 14.4 Å². The molecule has 0 unspecified atom stereocenters. The van der Waals surface area contributed by atoms with Crippen LogP contribution in [0.5, 0.6) is 0 Å². The van der Waals surface area contributed by atoms with Crippen LogP contribution in [0, 0.1) is 3.57 Å². The molecule has 0 bridgehead atoms. The third-order valence-corrected chi connectivity index (χ3v) is 4.26. The van der Waals surface area contributed by atoms with Crippen molar-refractivity contribution in [3.63, 3.8) is 0 Å². The molecule has 0 aliphatic carbocycles. The summed E-state index contributed by atoms with van der Waals surface area (Å²) >= 11 is 3.02. The Morgan fingerprint density at radius 3 is 2.62 bits per heavy atom. The first-order valence-electron chi connectivity index (χ1n) is 6.18. The molecule has 2 amide bonds. The molecule has 1 heterocycles. The van der Waals surface area contributed by atoms with Crippen molar-refractivity contribution >= 4 is 57.5 Å². The molecule has 5 nitrogen and oxygen atoms in total. The fraction of sp³-hybridized carbons (Fsp3) is 0.214. The minimum absolute atomic E-state index is 0.216. The molecule has 2 rings (SSSR count). The van der Waals surface area contributed by atoms with Gasteiger partial charge in [-0.15, -0.1) is 0 Å². The number of nitrogens with zero attached hydrogens (tertiary/aromatic N) is 1. The minimum Gasteiger partial charge on any atom is -0.465 e. The number of benzene rings is 1. The molecule has 7 heteroatoms. The Kier molecular flexibility index (Phi) is 5.40. The van der Waals surface area contributed by atoms with E-state index in [1.165, 1.54) is 0 Å². The van der Waals surface area contributed by atoms with Gasteiger partial charge < -0.3 is 4.74 Å². The van der Waals surface area contributed by atoms with Gasteiger partial charge in [0.05, 0.1) is 11.5 Å². The Labute approximate surface area is 139 Å². The third kappa shape index (κ3) is 4.07. The van der Waals surface area contributed by atoms with Gasteiger partial charge in [-0.1, -0.05) is 12.1 Å². The molecule has 0 spiro atoms. The summed E-state index contributed by atoms with van der Waals surface area (Å²) in [5.74, 6) is -1.05. The second-order valence-electron chi connectivity index (χ2n) is 4.12. The average Bonchev–Trinajstić information content (AvgIpc) is 2.69. The quantitative estimate of drug-likeness (QED) is 0.429. The van der Waals surface area contributed by atoms with Gasteiger partial charge in [-0.05, 0) is 65.0 Å². The molecular weight excluding hydrogens is 405 g/mol. The van der Waals surface area contributed by atoms with Gasteiger partial charge in [0.15, 0.2) is 0 Å². The van der Waals surface area contributed by atoms with Crippen LogP contribution < -0.4 is 0 Å². The normalized spacial score (nSPS) is 16.7. The Balaban J connectivity index is 2.13. The molecule has 1 aromatic carbocycles. The number of carbonyl (C=O) groups excluding carboxylic acids is 3. The number of imide groups is 1. The van der Waals surface area contributed by atoms with Crippen LogP contribution >= 0.6 is 34.4 Å². The van der Waals surface area contributed by atoms with Crippen molar-refractivity contribution in [1.29, 1.82) is 0 Å². The molecular formula is C14H12INO4S. The van der Waals surface area contributed by atoms with Crippen LogP contribution in [0.3, 0.4) is 0 Å². The van der Waals surface area contributed by atoms with Gasteiger partial charge in [-0.2, -0.15) is 0 Å². The lowest BCUT2D eigenvalue weighted by Crippen LogP contribution is -2.34. The lowest BCUT2D eigenvalue weighted by atomic mass is 10.2. The zero-order valence-electron chi connectivity index (χ0n) is 11.2. The van der Waals surface area contributed by atoms with Crippen molar-refractivity contribution in [2.45, 2.75) is 6.92 Å². The largest absolute Gasteiger partial charge is 0.465 e. The topological polar surface area (TPSA) is 63.7 Å². The number of carbonyl (C=O) groups is 3. The van der Waals surface area contributed by atoms with Gasteiger partial charge in [0, 0.05) is 3.57 Å². The summed E-state index contributed by atoms with van der Waals surface area (Å²) < 4.78 is 5.84. The number of hydrogen-bond acceptors (Lipinski definition) is 5. The van der Waals surface area contributed by atoms with E-state index in [-0.39, 0.29) is 13.2 Å². The lowest BCUT2D eigenvalue weighted by Gasteiger charge is -2.10. The van der Waals surface area contributed by atoms with Gasteiger partial charge in [-0.25, -0.2) is 0 Å². The van der Waals surface area contributed by atoms with Gasteiger partial charge >= 0.3 is 5.97 Å². The first-order chi connectivity index (χ1) is 10.0. The second kappa shape index (κ2) is 7.08. The molecule has 0 atom stereocenters. The summed E-state index contributed by atoms with van der Waals surface area (Å²) in [4.78, 5) is 36.5. The predicted octanol–water partition coefficient (Wildman–Crippen LogP) is 2.89. The zero-order chi connectivity index (χ0) is 15.4. The van der Waals surface area contributed by atoms with E-state index >= 15 is 0 Å². The first kappa shape index (κ1) is 16.0. The molecule has 0 aromatic heterocycles. The average molecular weight is 417 g/mol. The molecule has 21 heavy (non-hydrogen) atoms. The standard InChI is InChI=1S/C14H12INO4S/c1-2-20-12(17)8-16-13(18)11(21-14(16)19)7-9-3-5-10(15)6-4-9/h3-7H,2,8H2,1H3/b11-7-. The molecule has 1 aliphatic rings. The van der Waals surface area contributed by atoms with Crippen molar-refractivity contribution in [2.24, 2.45) is 0 Å². The van der Waals surface area contributed by atoms with Crippen LogP contribution in [-0.2, 0) is 14.3 Å². The maximum Gasteiger partial charge on any atom is 0.326 e. The zero-order valence-corrected chi connectivity index (χ0v) is 14.1. The first-order valence-corrected chi connectivity index (χ1v) is 8.07. The monoisotopic (exact) mass is 417 g/mol. The van der Waals surface area contributed by atoms with E-state index in [2.05, 4.69) is 22.6 Å². The van der Waals surface area contributed by atoms with E-state index in [1.807, 2.05) is 24.3 Å². The Morgan fingerprint density at radius 2 is 2.00 bits per heavy atom. The molecule has 1 fully saturated rings. The summed E-state index contributed by atoms with van der Waals surface area (Å²) in [6.07, 6.45) is 1.64. The maximum absolute atomic E-state index is 12.1. The highest BCUT2D eigenvalue weighted by atomic mass is 127. The van der Waals surface area contributed by atoms with Crippen molar-refractivity contribution in [3.8, 4) is 0 Å². The summed E-state index contributed by atoms with van der Waals surface area (Å²) in [5, 5.41) is -0.454. The number of rotatable bonds is 4. The molecule has 1 aliphatic heterocycles. The van der Waals surface area contributed by atoms with Crippen molar-refractivity contribution < 1.29 is 19.1 Å². The lowest BCUT2D eigenvalue weighted by molar-refractivity contribution is -0.145. The van der Waals surface area contributed by atoms with Crippen LogP contribution in [0.25, 0.3) is 6.08 Å². The molecule has 1 saturated heterocycles. The number of hydrogen-bond donors (Lipinski definition) is 0. The molecule has 1 aromatic rings. The van der Waals surface area contributed by atoms with E-state index in [0.29, 0.717) is 4.91 Å². The third-order valence-electron chi connectivity index (χ3n) is 2.63. The Bertz CT molecular complexity index is 612.